The third-order valence-corrected chi connectivity index (χ3v) is 4.67. The first-order chi connectivity index (χ1) is 8.72. The van der Waals surface area contributed by atoms with Gasteiger partial charge in [-0.05, 0) is 47.6 Å². The summed E-state index contributed by atoms with van der Waals surface area (Å²) in [6.45, 7) is 2.11. The maximum Gasteiger partial charge on any atom is 0.115 e. The fourth-order valence-corrected chi connectivity index (χ4v) is 3.95. The summed E-state index contributed by atoms with van der Waals surface area (Å²) >= 11 is 0. The van der Waals surface area contributed by atoms with Crippen LogP contribution in [0.5, 0.6) is 0 Å². The zero-order valence-corrected chi connectivity index (χ0v) is 10.5. The van der Waals surface area contributed by atoms with Gasteiger partial charge in [0.1, 0.15) is 5.60 Å². The molecule has 0 radical (unpaired) electrons. The van der Waals surface area contributed by atoms with Crippen molar-refractivity contribution in [3.8, 4) is 0 Å². The van der Waals surface area contributed by atoms with Gasteiger partial charge in [0.05, 0.1) is 0 Å². The Labute approximate surface area is 107 Å². The lowest BCUT2D eigenvalue weighted by Gasteiger charge is -2.47. The van der Waals surface area contributed by atoms with Crippen LogP contribution in [0.2, 0.25) is 0 Å². The number of benzene rings is 2. The van der Waals surface area contributed by atoms with E-state index in [0.29, 0.717) is 5.92 Å². The molecule has 0 heterocycles. The Bertz CT molecular complexity index is 644. The first-order valence-electron chi connectivity index (χ1n) is 6.63. The number of hydrogen-bond acceptors (Lipinski definition) is 1. The van der Waals surface area contributed by atoms with Gasteiger partial charge in [-0.3, -0.25) is 0 Å². The van der Waals surface area contributed by atoms with Gasteiger partial charge in [0.2, 0.25) is 0 Å². The van der Waals surface area contributed by atoms with E-state index in [1.807, 2.05) is 6.07 Å². The summed E-state index contributed by atoms with van der Waals surface area (Å²) in [5.41, 5.74) is 5.41. The molecule has 2 bridgehead atoms. The number of hydrogen-bond donors (Lipinski definition) is 1. The Balaban J connectivity index is 2.12. The highest BCUT2D eigenvalue weighted by molar-refractivity contribution is 5.59. The van der Waals surface area contributed by atoms with Crippen LogP contribution in [-0.2, 0) is 5.60 Å². The molecule has 5 rings (SSSR count). The third kappa shape index (κ3) is 1.06. The van der Waals surface area contributed by atoms with Crippen LogP contribution in [0, 0.1) is 6.92 Å². The Morgan fingerprint density at radius 1 is 1.06 bits per heavy atom. The molecule has 0 aromatic heterocycles. The smallest absolute Gasteiger partial charge is 0.115 e. The maximum absolute atomic E-state index is 11.2. The van der Waals surface area contributed by atoms with Gasteiger partial charge in [-0.1, -0.05) is 42.5 Å². The van der Waals surface area contributed by atoms with Gasteiger partial charge in [0, 0.05) is 5.92 Å². The average molecular weight is 236 g/mol. The minimum absolute atomic E-state index is 0.477. The van der Waals surface area contributed by atoms with Gasteiger partial charge in [-0.25, -0.2) is 0 Å². The summed E-state index contributed by atoms with van der Waals surface area (Å²) in [5, 5.41) is 11.2. The van der Waals surface area contributed by atoms with Crippen molar-refractivity contribution in [2.24, 2.45) is 0 Å². The van der Waals surface area contributed by atoms with Crippen molar-refractivity contribution in [2.75, 3.05) is 0 Å². The van der Waals surface area contributed by atoms with E-state index in [1.165, 1.54) is 22.3 Å². The molecule has 0 fully saturated rings. The van der Waals surface area contributed by atoms with Crippen LogP contribution in [-0.4, -0.2) is 5.11 Å². The van der Waals surface area contributed by atoms with Gasteiger partial charge in [-0.15, -0.1) is 0 Å². The monoisotopic (exact) mass is 236 g/mol. The molecule has 1 N–H and O–H groups in total. The molecule has 2 atom stereocenters. The largest absolute Gasteiger partial charge is 0.380 e. The second kappa shape index (κ2) is 3.24. The van der Waals surface area contributed by atoms with Gasteiger partial charge in [0.15, 0.2) is 0 Å². The number of aliphatic hydroxyl groups is 1. The molecule has 1 heteroatoms. The number of fused-ring (bicyclic) bond motifs is 1. The number of aryl methyl sites for hydroxylation is 1. The molecule has 3 aliphatic carbocycles. The summed E-state index contributed by atoms with van der Waals surface area (Å²) in [6.07, 6.45) is 1.91. The standard InChI is InChI=1S/C17H16O/c1-11-5-4-7-14-12-9-10-17(18,16(11)14)15-8-3-2-6-13(12)15/h2-8,12,18H,9-10H2,1H3. The highest BCUT2D eigenvalue weighted by Crippen LogP contribution is 2.55. The molecule has 2 aromatic carbocycles. The molecule has 18 heavy (non-hydrogen) atoms. The maximum atomic E-state index is 11.2. The second-order valence-corrected chi connectivity index (χ2v) is 5.58. The highest BCUT2D eigenvalue weighted by atomic mass is 16.3. The Hall–Kier alpha value is -1.60. The van der Waals surface area contributed by atoms with Crippen molar-refractivity contribution in [1.82, 2.24) is 0 Å². The third-order valence-electron chi connectivity index (χ3n) is 4.67. The van der Waals surface area contributed by atoms with Crippen molar-refractivity contribution < 1.29 is 5.11 Å². The van der Waals surface area contributed by atoms with Gasteiger partial charge < -0.3 is 5.11 Å². The molecular formula is C17H16O. The van der Waals surface area contributed by atoms with E-state index < -0.39 is 5.60 Å². The van der Waals surface area contributed by atoms with Crippen LogP contribution in [0.3, 0.4) is 0 Å². The van der Waals surface area contributed by atoms with E-state index in [2.05, 4.69) is 43.3 Å². The molecule has 0 saturated heterocycles. The molecule has 3 aliphatic rings. The minimum Gasteiger partial charge on any atom is -0.380 e. The van der Waals surface area contributed by atoms with Crippen LogP contribution in [0.1, 0.15) is 46.6 Å². The van der Waals surface area contributed by atoms with Crippen molar-refractivity contribution >= 4 is 0 Å². The average Bonchev–Trinajstić information content (AvgIpc) is 2.39. The van der Waals surface area contributed by atoms with Crippen molar-refractivity contribution in [3.63, 3.8) is 0 Å². The first kappa shape index (κ1) is 10.3. The lowest BCUT2D eigenvalue weighted by Crippen LogP contribution is -2.40. The van der Waals surface area contributed by atoms with Crippen LogP contribution < -0.4 is 0 Å². The zero-order chi connectivity index (χ0) is 12.3. The highest BCUT2D eigenvalue weighted by Gasteiger charge is 2.47. The van der Waals surface area contributed by atoms with Gasteiger partial charge in [0.25, 0.3) is 0 Å². The molecular weight excluding hydrogens is 220 g/mol. The Morgan fingerprint density at radius 3 is 2.72 bits per heavy atom. The summed E-state index contributed by atoms with van der Waals surface area (Å²) in [4.78, 5) is 0. The fraction of sp³-hybridized carbons (Fsp3) is 0.294. The normalized spacial score (nSPS) is 27.8. The molecule has 0 aliphatic heterocycles. The van der Waals surface area contributed by atoms with Crippen molar-refractivity contribution in [3.05, 3.63) is 70.3 Å². The summed E-state index contributed by atoms with van der Waals surface area (Å²) in [5.74, 6) is 0.477. The second-order valence-electron chi connectivity index (χ2n) is 5.58. The molecule has 1 nitrogen and oxygen atoms in total. The van der Waals surface area contributed by atoms with Crippen molar-refractivity contribution in [1.29, 1.82) is 0 Å². The quantitative estimate of drug-likeness (QED) is 0.742. The van der Waals surface area contributed by atoms with E-state index in [0.717, 1.165) is 18.4 Å². The van der Waals surface area contributed by atoms with E-state index in [9.17, 15) is 5.11 Å². The molecule has 0 spiro atoms. The van der Waals surface area contributed by atoms with E-state index in [-0.39, 0.29) is 0 Å². The minimum atomic E-state index is -0.758. The van der Waals surface area contributed by atoms with Crippen LogP contribution in [0.25, 0.3) is 0 Å². The molecule has 90 valence electrons. The van der Waals surface area contributed by atoms with Gasteiger partial charge in [-0.2, -0.15) is 0 Å². The SMILES string of the molecule is Cc1cccc2c1C1(O)CCC2c2ccccc21. The topological polar surface area (TPSA) is 20.2 Å². The Kier molecular flexibility index (Phi) is 1.86. The molecule has 2 unspecified atom stereocenters. The molecule has 2 aromatic rings. The van der Waals surface area contributed by atoms with E-state index >= 15 is 0 Å². The van der Waals surface area contributed by atoms with Crippen molar-refractivity contribution in [2.45, 2.75) is 31.3 Å². The lowest BCUT2D eigenvalue weighted by atomic mass is 9.60. The fourth-order valence-electron chi connectivity index (χ4n) is 3.95. The first-order valence-corrected chi connectivity index (χ1v) is 6.63. The van der Waals surface area contributed by atoms with E-state index in [1.54, 1.807) is 0 Å². The molecule has 0 amide bonds. The van der Waals surface area contributed by atoms with E-state index in [4.69, 9.17) is 0 Å². The summed E-state index contributed by atoms with van der Waals surface area (Å²) in [7, 11) is 0. The summed E-state index contributed by atoms with van der Waals surface area (Å²) < 4.78 is 0. The summed E-state index contributed by atoms with van der Waals surface area (Å²) in [6, 6.07) is 14.8. The lowest BCUT2D eigenvalue weighted by molar-refractivity contribution is 0.0473. The number of rotatable bonds is 0. The van der Waals surface area contributed by atoms with Crippen LogP contribution in [0.4, 0.5) is 0 Å². The predicted octanol–water partition coefficient (Wildman–Crippen LogP) is 3.47. The molecule has 0 saturated carbocycles. The Morgan fingerprint density at radius 2 is 1.83 bits per heavy atom. The predicted molar refractivity (Wildman–Crippen MR) is 71.7 cm³/mol. The van der Waals surface area contributed by atoms with Gasteiger partial charge >= 0.3 is 0 Å². The van der Waals surface area contributed by atoms with Crippen LogP contribution in [0.15, 0.2) is 42.5 Å². The zero-order valence-electron chi connectivity index (χ0n) is 10.5. The van der Waals surface area contributed by atoms with Crippen LogP contribution >= 0.6 is 0 Å².